The number of hydrogen-bond donors (Lipinski definition) is 2. The van der Waals surface area contributed by atoms with E-state index in [2.05, 4.69) is 12.2 Å². The third kappa shape index (κ3) is 10.3. The fraction of sp³-hybridized carbons (Fsp3) is 1.00. The Morgan fingerprint density at radius 2 is 2.00 bits per heavy atom. The minimum absolute atomic E-state index is 0.339. The maximum Gasteiger partial charge on any atom is 0.0431 e. The van der Waals surface area contributed by atoms with E-state index in [9.17, 15) is 0 Å². The van der Waals surface area contributed by atoms with Crippen molar-refractivity contribution in [2.45, 2.75) is 26.2 Å². The van der Waals surface area contributed by atoms with Crippen LogP contribution in [0.15, 0.2) is 0 Å². The molecule has 3 heteroatoms. The van der Waals surface area contributed by atoms with Crippen molar-refractivity contribution in [1.82, 2.24) is 5.32 Å². The van der Waals surface area contributed by atoms with Crippen molar-refractivity contribution < 1.29 is 5.11 Å². The van der Waals surface area contributed by atoms with E-state index < -0.39 is 0 Å². The van der Waals surface area contributed by atoms with Crippen LogP contribution in [-0.4, -0.2) is 36.3 Å². The van der Waals surface area contributed by atoms with Crippen LogP contribution in [0.4, 0.5) is 0 Å². The van der Waals surface area contributed by atoms with Crippen LogP contribution < -0.4 is 5.32 Å². The van der Waals surface area contributed by atoms with Gasteiger partial charge in [0.2, 0.25) is 0 Å². The molecular formula is C9H21NOS. The number of aliphatic hydroxyl groups excluding tert-OH is 1. The summed E-state index contributed by atoms with van der Waals surface area (Å²) in [5.41, 5.74) is 0. The second-order valence-corrected chi connectivity index (χ2v) is 4.13. The number of unbranched alkanes of at least 4 members (excludes halogenated alkanes) is 2. The van der Waals surface area contributed by atoms with Crippen LogP contribution in [0, 0.1) is 0 Å². The summed E-state index contributed by atoms with van der Waals surface area (Å²) in [5.74, 6) is 2.43. The zero-order chi connectivity index (χ0) is 9.07. The van der Waals surface area contributed by atoms with Gasteiger partial charge in [-0.05, 0) is 31.6 Å². The lowest BCUT2D eigenvalue weighted by atomic mass is 10.2. The summed E-state index contributed by atoms with van der Waals surface area (Å²) in [6, 6.07) is 0. The zero-order valence-electron chi connectivity index (χ0n) is 8.01. The van der Waals surface area contributed by atoms with Crippen LogP contribution in [0.1, 0.15) is 26.2 Å². The summed E-state index contributed by atoms with van der Waals surface area (Å²) in [6.45, 7) is 4.75. The largest absolute Gasteiger partial charge is 0.396 e. The van der Waals surface area contributed by atoms with Gasteiger partial charge >= 0.3 is 0 Å². The minimum atomic E-state index is 0.339. The van der Waals surface area contributed by atoms with Gasteiger partial charge in [-0.15, -0.1) is 0 Å². The molecule has 0 heterocycles. The monoisotopic (exact) mass is 191 g/mol. The predicted molar refractivity (Wildman–Crippen MR) is 56.8 cm³/mol. The first-order valence-corrected chi connectivity index (χ1v) is 5.96. The van der Waals surface area contributed by atoms with E-state index in [4.69, 9.17) is 5.11 Å². The molecule has 0 fully saturated rings. The summed E-state index contributed by atoms with van der Waals surface area (Å²) in [6.07, 6.45) is 3.28. The SMILES string of the molecule is CCSCCNCCCCCO. The first-order chi connectivity index (χ1) is 5.91. The van der Waals surface area contributed by atoms with Crippen molar-refractivity contribution in [3.05, 3.63) is 0 Å². The maximum absolute atomic E-state index is 8.52. The van der Waals surface area contributed by atoms with Crippen LogP contribution in [0.2, 0.25) is 0 Å². The molecule has 0 aliphatic carbocycles. The molecule has 0 aromatic rings. The summed E-state index contributed by atoms with van der Waals surface area (Å²) >= 11 is 1.97. The molecule has 74 valence electrons. The third-order valence-corrected chi connectivity index (χ3v) is 2.54. The van der Waals surface area contributed by atoms with Crippen molar-refractivity contribution in [3.63, 3.8) is 0 Å². The van der Waals surface area contributed by atoms with Gasteiger partial charge in [-0.2, -0.15) is 11.8 Å². The molecule has 0 radical (unpaired) electrons. The Bertz CT molecular complexity index is 70.9. The minimum Gasteiger partial charge on any atom is -0.396 e. The number of hydrogen-bond acceptors (Lipinski definition) is 3. The van der Waals surface area contributed by atoms with E-state index in [1.165, 1.54) is 17.9 Å². The Kier molecular flexibility index (Phi) is 11.5. The molecule has 0 aliphatic heterocycles. The molecule has 0 saturated carbocycles. The van der Waals surface area contributed by atoms with Gasteiger partial charge in [0.15, 0.2) is 0 Å². The highest BCUT2D eigenvalue weighted by molar-refractivity contribution is 7.99. The number of nitrogens with one attached hydrogen (secondary N) is 1. The van der Waals surface area contributed by atoms with E-state index in [-0.39, 0.29) is 0 Å². The van der Waals surface area contributed by atoms with Gasteiger partial charge in [0.05, 0.1) is 0 Å². The van der Waals surface area contributed by atoms with E-state index >= 15 is 0 Å². The Morgan fingerprint density at radius 3 is 2.67 bits per heavy atom. The molecular weight excluding hydrogens is 170 g/mol. The molecule has 0 aliphatic rings. The average molecular weight is 191 g/mol. The lowest BCUT2D eigenvalue weighted by Crippen LogP contribution is -2.18. The highest BCUT2D eigenvalue weighted by atomic mass is 32.2. The highest BCUT2D eigenvalue weighted by Crippen LogP contribution is 1.96. The molecule has 2 nitrogen and oxygen atoms in total. The normalized spacial score (nSPS) is 10.5. The predicted octanol–water partition coefficient (Wildman–Crippen LogP) is 1.49. The van der Waals surface area contributed by atoms with Gasteiger partial charge < -0.3 is 10.4 Å². The first-order valence-electron chi connectivity index (χ1n) is 4.81. The quantitative estimate of drug-likeness (QED) is 0.542. The van der Waals surface area contributed by atoms with Gasteiger partial charge in [-0.25, -0.2) is 0 Å². The fourth-order valence-electron chi connectivity index (χ4n) is 0.952. The van der Waals surface area contributed by atoms with E-state index in [0.29, 0.717) is 6.61 Å². The van der Waals surface area contributed by atoms with Crippen LogP contribution in [0.25, 0.3) is 0 Å². The van der Waals surface area contributed by atoms with Gasteiger partial charge in [0.25, 0.3) is 0 Å². The highest BCUT2D eigenvalue weighted by Gasteiger charge is 1.88. The standard InChI is InChI=1S/C9H21NOS/c1-2-12-9-7-10-6-4-3-5-8-11/h10-11H,2-9H2,1H3. The smallest absolute Gasteiger partial charge is 0.0431 e. The summed E-state index contributed by atoms with van der Waals surface area (Å²) < 4.78 is 0. The molecule has 0 atom stereocenters. The number of aliphatic hydroxyl groups is 1. The molecule has 0 saturated heterocycles. The molecule has 0 amide bonds. The topological polar surface area (TPSA) is 32.3 Å². The van der Waals surface area contributed by atoms with Gasteiger partial charge in [0, 0.05) is 18.9 Å². The Morgan fingerprint density at radius 1 is 1.17 bits per heavy atom. The van der Waals surface area contributed by atoms with Crippen molar-refractivity contribution in [3.8, 4) is 0 Å². The molecule has 12 heavy (non-hydrogen) atoms. The van der Waals surface area contributed by atoms with E-state index in [0.717, 1.165) is 25.9 Å². The summed E-state index contributed by atoms with van der Waals surface area (Å²) in [5, 5.41) is 11.9. The van der Waals surface area contributed by atoms with Crippen molar-refractivity contribution >= 4 is 11.8 Å². The number of thioether (sulfide) groups is 1. The number of rotatable bonds is 9. The van der Waals surface area contributed by atoms with Crippen molar-refractivity contribution in [2.24, 2.45) is 0 Å². The lowest BCUT2D eigenvalue weighted by molar-refractivity contribution is 0.283. The van der Waals surface area contributed by atoms with Crippen LogP contribution >= 0.6 is 11.8 Å². The molecule has 0 bridgehead atoms. The van der Waals surface area contributed by atoms with Crippen LogP contribution in [-0.2, 0) is 0 Å². The molecule has 0 aromatic heterocycles. The summed E-state index contributed by atoms with van der Waals surface area (Å²) in [4.78, 5) is 0. The van der Waals surface area contributed by atoms with E-state index in [1.807, 2.05) is 11.8 Å². The third-order valence-electron chi connectivity index (χ3n) is 1.64. The average Bonchev–Trinajstić information content (AvgIpc) is 2.10. The second kappa shape index (κ2) is 11.3. The first kappa shape index (κ1) is 12.3. The summed E-state index contributed by atoms with van der Waals surface area (Å²) in [7, 11) is 0. The molecule has 0 spiro atoms. The zero-order valence-corrected chi connectivity index (χ0v) is 8.83. The van der Waals surface area contributed by atoms with Gasteiger partial charge in [-0.3, -0.25) is 0 Å². The van der Waals surface area contributed by atoms with E-state index in [1.54, 1.807) is 0 Å². The van der Waals surface area contributed by atoms with Crippen LogP contribution in [0.3, 0.4) is 0 Å². The Hall–Kier alpha value is 0.270. The Balaban J connectivity index is 2.73. The van der Waals surface area contributed by atoms with Gasteiger partial charge in [0.1, 0.15) is 0 Å². The molecule has 0 rings (SSSR count). The van der Waals surface area contributed by atoms with Crippen LogP contribution in [0.5, 0.6) is 0 Å². The molecule has 0 unspecified atom stereocenters. The van der Waals surface area contributed by atoms with Crippen molar-refractivity contribution in [1.29, 1.82) is 0 Å². The lowest BCUT2D eigenvalue weighted by Gasteiger charge is -2.02. The fourth-order valence-corrected chi connectivity index (χ4v) is 1.53. The molecule has 2 N–H and O–H groups in total. The van der Waals surface area contributed by atoms with Gasteiger partial charge in [-0.1, -0.05) is 6.92 Å². The van der Waals surface area contributed by atoms with Crippen molar-refractivity contribution in [2.75, 3.05) is 31.2 Å². The Labute approximate surface area is 80.1 Å². The second-order valence-electron chi connectivity index (χ2n) is 2.73. The molecule has 0 aromatic carbocycles. The maximum atomic E-state index is 8.52.